The van der Waals surface area contributed by atoms with Crippen molar-refractivity contribution in [3.8, 4) is 0 Å². The monoisotopic (exact) mass is 263 g/mol. The van der Waals surface area contributed by atoms with E-state index in [4.69, 9.17) is 0 Å². The quantitative estimate of drug-likeness (QED) is 0.647. The zero-order valence-electron chi connectivity index (χ0n) is 11.3. The van der Waals surface area contributed by atoms with Gasteiger partial charge in [-0.2, -0.15) is 0 Å². The average Bonchev–Trinajstić information content (AvgIpc) is 2.67. The first kappa shape index (κ1) is 13.8. The lowest BCUT2D eigenvalue weighted by atomic mass is 10.1. The first-order valence-electron chi connectivity index (χ1n) is 6.95. The molecule has 104 valence electrons. The predicted octanol–water partition coefficient (Wildman–Crippen LogP) is 2.71. The highest BCUT2D eigenvalue weighted by atomic mass is 16.6. The van der Waals surface area contributed by atoms with Crippen LogP contribution in [0.15, 0.2) is 18.2 Å². The van der Waals surface area contributed by atoms with Gasteiger partial charge in [-0.1, -0.05) is 13.0 Å². The van der Waals surface area contributed by atoms with E-state index in [-0.39, 0.29) is 10.6 Å². The molecule has 5 heteroatoms. The van der Waals surface area contributed by atoms with Crippen LogP contribution >= 0.6 is 0 Å². The van der Waals surface area contributed by atoms with Crippen LogP contribution in [0.5, 0.6) is 0 Å². The summed E-state index contributed by atoms with van der Waals surface area (Å²) >= 11 is 0. The molecule has 1 atom stereocenters. The van der Waals surface area contributed by atoms with Crippen LogP contribution in [0.25, 0.3) is 0 Å². The Hall–Kier alpha value is -1.62. The molecular weight excluding hydrogens is 242 g/mol. The highest BCUT2D eigenvalue weighted by Gasteiger charge is 2.16. The maximum Gasteiger partial charge on any atom is 0.274 e. The van der Waals surface area contributed by atoms with Gasteiger partial charge in [0.15, 0.2) is 0 Å². The van der Waals surface area contributed by atoms with E-state index in [0.29, 0.717) is 12.5 Å². The topological polar surface area (TPSA) is 67.2 Å². The van der Waals surface area contributed by atoms with Crippen LogP contribution in [0.3, 0.4) is 0 Å². The van der Waals surface area contributed by atoms with E-state index in [1.54, 1.807) is 6.07 Å². The zero-order valence-corrected chi connectivity index (χ0v) is 11.3. The Labute approximate surface area is 113 Å². The second kappa shape index (κ2) is 6.52. The van der Waals surface area contributed by atoms with E-state index in [1.807, 2.05) is 19.1 Å². The van der Waals surface area contributed by atoms with Crippen LogP contribution in [0.1, 0.15) is 31.7 Å². The Bertz CT molecular complexity index is 440. The summed E-state index contributed by atoms with van der Waals surface area (Å²) in [4.78, 5) is 10.8. The highest BCUT2D eigenvalue weighted by Crippen LogP contribution is 2.25. The summed E-state index contributed by atoms with van der Waals surface area (Å²) in [5.41, 5.74) is 1.87. The highest BCUT2D eigenvalue weighted by molar-refractivity contribution is 5.55. The summed E-state index contributed by atoms with van der Waals surface area (Å²) in [6.07, 6.45) is 4.00. The summed E-state index contributed by atoms with van der Waals surface area (Å²) < 4.78 is 0. The van der Waals surface area contributed by atoms with E-state index < -0.39 is 0 Å². The summed E-state index contributed by atoms with van der Waals surface area (Å²) in [5.74, 6) is 0. The summed E-state index contributed by atoms with van der Waals surface area (Å²) in [6.45, 7) is 4.01. The van der Waals surface area contributed by atoms with E-state index in [0.717, 1.165) is 43.6 Å². The van der Waals surface area contributed by atoms with E-state index >= 15 is 0 Å². The van der Waals surface area contributed by atoms with Crippen molar-refractivity contribution in [3.63, 3.8) is 0 Å². The molecule has 1 aromatic carbocycles. The lowest BCUT2D eigenvalue weighted by molar-refractivity contribution is -0.385. The Morgan fingerprint density at radius 2 is 2.26 bits per heavy atom. The Morgan fingerprint density at radius 3 is 3.00 bits per heavy atom. The largest absolute Gasteiger partial charge is 0.382 e. The molecule has 0 amide bonds. The molecule has 2 N–H and O–H groups in total. The van der Waals surface area contributed by atoms with Gasteiger partial charge in [0.05, 0.1) is 4.92 Å². The number of nitro groups is 1. The van der Waals surface area contributed by atoms with Crippen molar-refractivity contribution in [2.45, 2.75) is 38.6 Å². The van der Waals surface area contributed by atoms with Gasteiger partial charge >= 0.3 is 0 Å². The van der Waals surface area contributed by atoms with Crippen LogP contribution in [-0.2, 0) is 6.42 Å². The molecule has 0 spiro atoms. The molecule has 5 nitrogen and oxygen atoms in total. The third-order valence-corrected chi connectivity index (χ3v) is 3.61. The summed E-state index contributed by atoms with van der Waals surface area (Å²) in [7, 11) is 0. The van der Waals surface area contributed by atoms with Gasteiger partial charge < -0.3 is 10.6 Å². The van der Waals surface area contributed by atoms with Crippen molar-refractivity contribution in [1.82, 2.24) is 5.32 Å². The predicted molar refractivity (Wildman–Crippen MR) is 76.6 cm³/mol. The first-order valence-corrected chi connectivity index (χ1v) is 6.95. The maximum atomic E-state index is 11.0. The molecule has 0 aromatic heterocycles. The van der Waals surface area contributed by atoms with Gasteiger partial charge in [0.1, 0.15) is 0 Å². The van der Waals surface area contributed by atoms with Crippen LogP contribution in [0, 0.1) is 10.1 Å². The third-order valence-electron chi connectivity index (χ3n) is 3.61. The molecule has 1 fully saturated rings. The van der Waals surface area contributed by atoms with Crippen molar-refractivity contribution in [2.24, 2.45) is 0 Å². The Morgan fingerprint density at radius 1 is 1.42 bits per heavy atom. The minimum atomic E-state index is -0.293. The molecule has 19 heavy (non-hydrogen) atoms. The fraction of sp³-hybridized carbons (Fsp3) is 0.571. The van der Waals surface area contributed by atoms with Crippen LogP contribution in [0.4, 0.5) is 11.4 Å². The van der Waals surface area contributed by atoms with E-state index in [9.17, 15) is 10.1 Å². The number of aryl methyl sites for hydroxylation is 1. The fourth-order valence-corrected chi connectivity index (χ4v) is 2.52. The summed E-state index contributed by atoms with van der Waals surface area (Å²) in [6, 6.07) is 5.87. The van der Waals surface area contributed by atoms with E-state index in [2.05, 4.69) is 10.6 Å². The van der Waals surface area contributed by atoms with Crippen LogP contribution in [0.2, 0.25) is 0 Å². The molecule has 0 bridgehead atoms. The van der Waals surface area contributed by atoms with Crippen LogP contribution in [-0.4, -0.2) is 24.1 Å². The number of hydrogen-bond acceptors (Lipinski definition) is 4. The number of anilines is 1. The SMILES string of the molecule is CCc1ccc(NC2CCCNCC2)cc1[N+](=O)[O-]. The molecule has 2 rings (SSSR count). The minimum absolute atomic E-state index is 0.222. The lowest BCUT2D eigenvalue weighted by Gasteiger charge is -2.17. The third kappa shape index (κ3) is 3.67. The molecule has 1 aliphatic heterocycles. The number of rotatable bonds is 4. The van der Waals surface area contributed by atoms with Crippen LogP contribution < -0.4 is 10.6 Å². The number of nitrogens with zero attached hydrogens (tertiary/aromatic N) is 1. The van der Waals surface area contributed by atoms with Gasteiger partial charge in [-0.15, -0.1) is 0 Å². The zero-order chi connectivity index (χ0) is 13.7. The van der Waals surface area contributed by atoms with E-state index in [1.165, 1.54) is 0 Å². The fourth-order valence-electron chi connectivity index (χ4n) is 2.52. The maximum absolute atomic E-state index is 11.0. The van der Waals surface area contributed by atoms with Gasteiger partial charge in [-0.3, -0.25) is 10.1 Å². The van der Waals surface area contributed by atoms with Crippen molar-refractivity contribution in [1.29, 1.82) is 0 Å². The number of nitrogens with one attached hydrogen (secondary N) is 2. The molecule has 1 heterocycles. The first-order chi connectivity index (χ1) is 9.20. The van der Waals surface area contributed by atoms with Gasteiger partial charge in [-0.25, -0.2) is 0 Å². The van der Waals surface area contributed by atoms with Gasteiger partial charge in [0.2, 0.25) is 0 Å². The van der Waals surface area contributed by atoms with Crippen molar-refractivity contribution >= 4 is 11.4 Å². The van der Waals surface area contributed by atoms with Crippen molar-refractivity contribution < 1.29 is 4.92 Å². The van der Waals surface area contributed by atoms with Crippen molar-refractivity contribution in [3.05, 3.63) is 33.9 Å². The molecule has 1 saturated heterocycles. The molecule has 1 unspecified atom stereocenters. The molecule has 0 saturated carbocycles. The number of benzene rings is 1. The van der Waals surface area contributed by atoms with Crippen molar-refractivity contribution in [2.75, 3.05) is 18.4 Å². The van der Waals surface area contributed by atoms with Gasteiger partial charge in [0.25, 0.3) is 5.69 Å². The summed E-state index contributed by atoms with van der Waals surface area (Å²) in [5, 5.41) is 17.8. The van der Waals surface area contributed by atoms with Gasteiger partial charge in [-0.05, 0) is 44.8 Å². The minimum Gasteiger partial charge on any atom is -0.382 e. The number of nitro benzene ring substituents is 1. The molecular formula is C14H21N3O2. The Kier molecular flexibility index (Phi) is 4.74. The second-order valence-corrected chi connectivity index (χ2v) is 4.98. The average molecular weight is 263 g/mol. The smallest absolute Gasteiger partial charge is 0.274 e. The molecule has 1 aliphatic rings. The normalized spacial score (nSPS) is 19.7. The molecule has 1 aromatic rings. The second-order valence-electron chi connectivity index (χ2n) is 4.98. The lowest BCUT2D eigenvalue weighted by Crippen LogP contribution is -2.21. The van der Waals surface area contributed by atoms with Gasteiger partial charge in [0, 0.05) is 23.4 Å². The standard InChI is InChI=1S/C14H21N3O2/c1-2-11-5-6-13(10-14(11)17(18)19)16-12-4-3-8-15-9-7-12/h5-6,10,12,15-16H,2-4,7-9H2,1H3. The Balaban J connectivity index is 2.11. The number of hydrogen-bond donors (Lipinski definition) is 2. The molecule has 0 radical (unpaired) electrons. The molecule has 0 aliphatic carbocycles.